The highest BCUT2D eigenvalue weighted by molar-refractivity contribution is 5.52. The molecule has 2 atom stereocenters. The molecule has 0 fully saturated rings. The Bertz CT molecular complexity index is 699. The van der Waals surface area contributed by atoms with Crippen LogP contribution in [0.5, 0.6) is 28.7 Å². The zero-order valence-electron chi connectivity index (χ0n) is 11.4. The van der Waals surface area contributed by atoms with Crippen molar-refractivity contribution < 1.29 is 35.7 Å². The van der Waals surface area contributed by atoms with Gasteiger partial charge in [0.2, 0.25) is 0 Å². The third-order valence-electron chi connectivity index (χ3n) is 3.51. The number of rotatable bonds is 1. The summed E-state index contributed by atoms with van der Waals surface area (Å²) in [7, 11) is 0. The maximum atomic E-state index is 10.2. The minimum absolute atomic E-state index is 0. The van der Waals surface area contributed by atoms with Gasteiger partial charge in [-0.3, -0.25) is 0 Å². The molecule has 0 bridgehead atoms. The first-order chi connectivity index (χ1) is 9.95. The van der Waals surface area contributed by atoms with Crippen LogP contribution in [0.1, 0.15) is 17.2 Å². The Kier molecular flexibility index (Phi) is 4.03. The Balaban J connectivity index is 0.00000176. The van der Waals surface area contributed by atoms with Crippen LogP contribution < -0.4 is 4.74 Å². The number of aromatic hydroxyl groups is 4. The molecule has 2 aromatic rings. The molecule has 7 N–H and O–H groups in total. The highest BCUT2D eigenvalue weighted by atomic mass is 16.5. The fourth-order valence-electron chi connectivity index (χ4n) is 2.47. The predicted octanol–water partition coefficient (Wildman–Crippen LogP) is 0.721. The number of aliphatic hydroxyl groups excluding tert-OH is 1. The van der Waals surface area contributed by atoms with E-state index in [1.54, 1.807) is 0 Å². The maximum Gasteiger partial charge on any atom is 0.157 e. The Morgan fingerprint density at radius 3 is 2.32 bits per heavy atom. The van der Waals surface area contributed by atoms with Gasteiger partial charge in [0.1, 0.15) is 23.4 Å². The Morgan fingerprint density at radius 2 is 1.64 bits per heavy atom. The summed E-state index contributed by atoms with van der Waals surface area (Å²) in [4.78, 5) is 0. The first-order valence-corrected chi connectivity index (χ1v) is 6.37. The van der Waals surface area contributed by atoms with Crippen LogP contribution in [0.3, 0.4) is 0 Å². The summed E-state index contributed by atoms with van der Waals surface area (Å²) < 4.78 is 5.62. The highest BCUT2D eigenvalue weighted by Gasteiger charge is 2.32. The van der Waals surface area contributed by atoms with Crippen LogP contribution >= 0.6 is 0 Å². The van der Waals surface area contributed by atoms with Crippen molar-refractivity contribution in [1.82, 2.24) is 0 Å². The normalized spacial score (nSPS) is 19.7. The quantitative estimate of drug-likeness (QED) is 0.491. The Hall–Kier alpha value is -2.64. The van der Waals surface area contributed by atoms with E-state index in [-0.39, 0.29) is 40.6 Å². The number of hydrogen-bond donors (Lipinski definition) is 5. The van der Waals surface area contributed by atoms with E-state index >= 15 is 0 Å². The number of phenols is 4. The lowest BCUT2D eigenvalue weighted by Crippen LogP contribution is -2.30. The summed E-state index contributed by atoms with van der Waals surface area (Å²) in [5.41, 5.74) is 0.894. The second-order valence-corrected chi connectivity index (χ2v) is 5.00. The van der Waals surface area contributed by atoms with Gasteiger partial charge in [-0.15, -0.1) is 0 Å². The molecule has 22 heavy (non-hydrogen) atoms. The highest BCUT2D eigenvalue weighted by Crippen LogP contribution is 2.42. The van der Waals surface area contributed by atoms with E-state index in [1.807, 2.05) is 0 Å². The van der Waals surface area contributed by atoms with Crippen LogP contribution in [0.15, 0.2) is 30.3 Å². The molecule has 0 saturated carbocycles. The van der Waals surface area contributed by atoms with Crippen molar-refractivity contribution in [1.29, 1.82) is 0 Å². The van der Waals surface area contributed by atoms with Crippen LogP contribution in [0.4, 0.5) is 0 Å². The number of aliphatic hydroxyl groups is 1. The molecule has 0 spiro atoms. The average molecular weight is 308 g/mol. The van der Waals surface area contributed by atoms with Crippen molar-refractivity contribution in [3.05, 3.63) is 41.5 Å². The molecule has 7 nitrogen and oxygen atoms in total. The molecule has 0 amide bonds. The first kappa shape index (κ1) is 15.7. The number of phenolic OH excluding ortho intramolecular Hbond substituents is 4. The Labute approximate surface area is 125 Å². The molecule has 1 aliphatic rings. The summed E-state index contributed by atoms with van der Waals surface area (Å²) in [6.07, 6.45) is -1.56. The molecule has 118 valence electrons. The molecule has 1 unspecified atom stereocenters. The van der Waals surface area contributed by atoms with Crippen LogP contribution in [0, 0.1) is 0 Å². The third-order valence-corrected chi connectivity index (χ3v) is 3.51. The molecular weight excluding hydrogens is 292 g/mol. The van der Waals surface area contributed by atoms with Crippen LogP contribution in [-0.2, 0) is 6.42 Å². The molecule has 0 aromatic heterocycles. The van der Waals surface area contributed by atoms with Gasteiger partial charge in [-0.1, -0.05) is 6.07 Å². The molecule has 0 aliphatic carbocycles. The Morgan fingerprint density at radius 1 is 0.909 bits per heavy atom. The fraction of sp³-hybridized carbons (Fsp3) is 0.200. The molecule has 0 radical (unpaired) electrons. The third kappa shape index (κ3) is 2.59. The summed E-state index contributed by atoms with van der Waals surface area (Å²) in [6, 6.07) is 6.67. The van der Waals surface area contributed by atoms with Crippen LogP contribution in [-0.4, -0.2) is 37.1 Å². The number of fused-ring (bicyclic) bond motifs is 1. The lowest BCUT2D eigenvalue weighted by Gasteiger charge is -2.31. The topological polar surface area (TPSA) is 142 Å². The van der Waals surface area contributed by atoms with Gasteiger partial charge in [0.05, 0.1) is 6.10 Å². The zero-order valence-corrected chi connectivity index (χ0v) is 11.4. The summed E-state index contributed by atoms with van der Waals surface area (Å²) in [5.74, 6) is -0.589. The van der Waals surface area contributed by atoms with Gasteiger partial charge in [0, 0.05) is 24.1 Å². The van der Waals surface area contributed by atoms with E-state index in [0.717, 1.165) is 0 Å². The maximum absolute atomic E-state index is 10.2. The largest absolute Gasteiger partial charge is 0.508 e. The molecule has 2 aromatic carbocycles. The minimum Gasteiger partial charge on any atom is -0.508 e. The van der Waals surface area contributed by atoms with Gasteiger partial charge in [0.25, 0.3) is 0 Å². The smallest absolute Gasteiger partial charge is 0.157 e. The van der Waals surface area contributed by atoms with E-state index < -0.39 is 12.2 Å². The van der Waals surface area contributed by atoms with E-state index in [9.17, 15) is 25.5 Å². The zero-order chi connectivity index (χ0) is 15.1. The van der Waals surface area contributed by atoms with E-state index in [1.165, 1.54) is 30.3 Å². The van der Waals surface area contributed by atoms with Gasteiger partial charge in [-0.25, -0.2) is 0 Å². The fourth-order valence-corrected chi connectivity index (χ4v) is 2.47. The van der Waals surface area contributed by atoms with Crippen LogP contribution in [0.25, 0.3) is 0 Å². The molecule has 3 rings (SSSR count). The number of ether oxygens (including phenoxy) is 1. The lowest BCUT2D eigenvalue weighted by molar-refractivity contribution is 0.0197. The van der Waals surface area contributed by atoms with Crippen molar-refractivity contribution >= 4 is 0 Å². The van der Waals surface area contributed by atoms with Gasteiger partial charge in [0.15, 0.2) is 11.5 Å². The van der Waals surface area contributed by atoms with Gasteiger partial charge in [-0.05, 0) is 17.7 Å². The SMILES string of the molecule is O.Oc1cc(O)c2c(c1)OC(c1ccc(O)c(O)c1)[C@H](O)C2. The van der Waals surface area contributed by atoms with E-state index in [2.05, 4.69) is 0 Å². The molecule has 0 saturated heterocycles. The standard InChI is InChI=1S/C15H14O6.H2O/c16-8-4-11(18)9-6-13(20)15(21-14(9)5-8)7-1-2-10(17)12(19)3-7;/h1-5,13,15-20H,6H2;1H2/t13-,15?;/m1./s1. The van der Waals surface area contributed by atoms with Gasteiger partial charge < -0.3 is 35.7 Å². The van der Waals surface area contributed by atoms with Crippen molar-refractivity contribution in [3.8, 4) is 28.7 Å². The predicted molar refractivity (Wildman–Crippen MR) is 76.2 cm³/mol. The number of hydrogen-bond acceptors (Lipinski definition) is 6. The monoisotopic (exact) mass is 308 g/mol. The average Bonchev–Trinajstić information content (AvgIpc) is 2.42. The van der Waals surface area contributed by atoms with Crippen molar-refractivity contribution in [3.63, 3.8) is 0 Å². The second kappa shape index (κ2) is 5.63. The lowest BCUT2D eigenvalue weighted by atomic mass is 9.94. The summed E-state index contributed by atoms with van der Waals surface area (Å²) in [6.45, 7) is 0. The van der Waals surface area contributed by atoms with Crippen molar-refractivity contribution in [2.24, 2.45) is 0 Å². The van der Waals surface area contributed by atoms with E-state index in [4.69, 9.17) is 4.74 Å². The van der Waals surface area contributed by atoms with Crippen LogP contribution in [0.2, 0.25) is 0 Å². The molecule has 1 heterocycles. The molecule has 1 aliphatic heterocycles. The van der Waals surface area contributed by atoms with Gasteiger partial charge in [-0.2, -0.15) is 0 Å². The van der Waals surface area contributed by atoms with E-state index in [0.29, 0.717) is 11.1 Å². The summed E-state index contributed by atoms with van der Waals surface area (Å²) >= 11 is 0. The molecular formula is C15H16O7. The van der Waals surface area contributed by atoms with Crippen molar-refractivity contribution in [2.45, 2.75) is 18.6 Å². The number of benzene rings is 2. The second-order valence-electron chi connectivity index (χ2n) is 5.00. The molecule has 7 heteroatoms. The minimum atomic E-state index is -0.933. The summed E-state index contributed by atoms with van der Waals surface area (Å²) in [5, 5.41) is 48.3. The van der Waals surface area contributed by atoms with Gasteiger partial charge >= 0.3 is 0 Å². The van der Waals surface area contributed by atoms with Crippen molar-refractivity contribution in [2.75, 3.05) is 0 Å². The first-order valence-electron chi connectivity index (χ1n) is 6.37.